The number of hydrogen-bond donors (Lipinski definition) is 6. The van der Waals surface area contributed by atoms with Crippen LogP contribution >= 0.6 is 0 Å². The van der Waals surface area contributed by atoms with Crippen molar-refractivity contribution in [1.29, 1.82) is 0 Å². The Morgan fingerprint density at radius 1 is 0.966 bits per heavy atom. The fraction of sp³-hybridized carbons (Fsp3) is 0.721. The average Bonchev–Trinajstić information content (AvgIpc) is 3.15. The van der Waals surface area contributed by atoms with Gasteiger partial charge in [0.15, 0.2) is 18.7 Å². The second-order valence-corrected chi connectivity index (χ2v) is 16.5. The molecule has 15 nitrogen and oxygen atoms in total. The molecule has 3 rings (SSSR count). The average molecular weight is 825 g/mol. The minimum absolute atomic E-state index is 0.0591. The van der Waals surface area contributed by atoms with E-state index in [1.54, 1.807) is 59.8 Å². The molecule has 0 radical (unpaired) electrons. The van der Waals surface area contributed by atoms with E-state index in [0.717, 1.165) is 11.1 Å². The third-order valence-corrected chi connectivity index (χ3v) is 10.8. The van der Waals surface area contributed by atoms with Crippen LogP contribution < -0.4 is 0 Å². The summed E-state index contributed by atoms with van der Waals surface area (Å²) >= 11 is 0. The zero-order valence-corrected chi connectivity index (χ0v) is 35.8. The fourth-order valence-corrected chi connectivity index (χ4v) is 7.00. The number of methoxy groups -OCH3 is 1. The summed E-state index contributed by atoms with van der Waals surface area (Å²) < 4.78 is 41.1. The molecule has 0 aromatic carbocycles. The SMILES string of the molecule is CC[C@H]1/C=C(\C)[C@@H](O)C/C=C/C=C(\CO[C@@H]2O[C@H](C)[C@@H](O)[C@H](O)[C@@H]2OC)C(=O)O[C@H]([C@@H](C)O)C/C=C(C)/C=C(\C)[C@@H]1O[C@@H]1OC(C)(C)[C@@H](OC(=O)C(C)C)[C@H](O)[C@@H]1O. The summed E-state index contributed by atoms with van der Waals surface area (Å²) in [6, 6.07) is 0. The van der Waals surface area contributed by atoms with Gasteiger partial charge in [-0.1, -0.05) is 56.7 Å². The Hall–Kier alpha value is -2.80. The molecule has 0 aromatic rings. The van der Waals surface area contributed by atoms with E-state index >= 15 is 0 Å². The van der Waals surface area contributed by atoms with Crippen LogP contribution in [0.5, 0.6) is 0 Å². The van der Waals surface area contributed by atoms with Gasteiger partial charge in [0.2, 0.25) is 0 Å². The monoisotopic (exact) mass is 824 g/mol. The Morgan fingerprint density at radius 2 is 1.64 bits per heavy atom. The lowest BCUT2D eigenvalue weighted by molar-refractivity contribution is -0.333. The van der Waals surface area contributed by atoms with Crippen molar-refractivity contribution in [1.82, 2.24) is 0 Å². The number of carbonyl (C=O) groups is 2. The quantitative estimate of drug-likeness (QED) is 0.138. The summed E-state index contributed by atoms with van der Waals surface area (Å²) in [4.78, 5) is 26.1. The first-order valence-electron chi connectivity index (χ1n) is 20.1. The Morgan fingerprint density at radius 3 is 2.24 bits per heavy atom. The number of esters is 2. The number of aliphatic hydroxyl groups excluding tert-OH is 6. The van der Waals surface area contributed by atoms with Crippen LogP contribution in [-0.4, -0.2) is 142 Å². The first kappa shape index (κ1) is 49.6. The van der Waals surface area contributed by atoms with Crippen LogP contribution in [-0.2, 0) is 42.7 Å². The van der Waals surface area contributed by atoms with E-state index in [2.05, 4.69) is 0 Å². The Kier molecular flexibility index (Phi) is 18.9. The van der Waals surface area contributed by atoms with Gasteiger partial charge < -0.3 is 63.8 Å². The van der Waals surface area contributed by atoms with Crippen molar-refractivity contribution in [2.75, 3.05) is 13.7 Å². The molecule has 14 atom stereocenters. The summed E-state index contributed by atoms with van der Waals surface area (Å²) in [5, 5.41) is 65.2. The Labute approximate surface area is 342 Å². The summed E-state index contributed by atoms with van der Waals surface area (Å²) in [5.74, 6) is -2.12. The van der Waals surface area contributed by atoms with Crippen molar-refractivity contribution in [3.63, 3.8) is 0 Å². The molecule has 3 aliphatic heterocycles. The number of cyclic esters (lactones) is 1. The molecule has 0 unspecified atom stereocenters. The highest BCUT2D eigenvalue weighted by atomic mass is 16.7. The van der Waals surface area contributed by atoms with Crippen LogP contribution in [0.3, 0.4) is 0 Å². The summed E-state index contributed by atoms with van der Waals surface area (Å²) in [6.45, 7) is 16.8. The van der Waals surface area contributed by atoms with Gasteiger partial charge in [0, 0.05) is 19.4 Å². The number of ether oxygens (including phenoxy) is 7. The van der Waals surface area contributed by atoms with Crippen LogP contribution in [0.15, 0.2) is 58.7 Å². The van der Waals surface area contributed by atoms with Crippen LogP contribution in [0.25, 0.3) is 0 Å². The van der Waals surface area contributed by atoms with Crippen molar-refractivity contribution in [3.05, 3.63) is 58.7 Å². The topological polar surface area (TPSA) is 220 Å². The largest absolute Gasteiger partial charge is 0.456 e. The zero-order chi connectivity index (χ0) is 43.6. The maximum atomic E-state index is 13.6. The van der Waals surface area contributed by atoms with E-state index < -0.39 is 103 Å². The maximum absolute atomic E-state index is 13.6. The third-order valence-electron chi connectivity index (χ3n) is 10.8. The molecule has 6 N–H and O–H groups in total. The minimum atomic E-state index is -1.57. The minimum Gasteiger partial charge on any atom is -0.456 e. The first-order valence-corrected chi connectivity index (χ1v) is 20.1. The van der Waals surface area contributed by atoms with E-state index in [0.29, 0.717) is 12.0 Å². The number of rotatable bonds is 10. The molecule has 0 aliphatic carbocycles. The molecule has 0 aromatic heterocycles. The highest BCUT2D eigenvalue weighted by molar-refractivity contribution is 5.89. The van der Waals surface area contributed by atoms with E-state index in [4.69, 9.17) is 33.2 Å². The van der Waals surface area contributed by atoms with Crippen LogP contribution in [0.2, 0.25) is 0 Å². The second-order valence-electron chi connectivity index (χ2n) is 16.5. The van der Waals surface area contributed by atoms with Crippen molar-refractivity contribution in [2.45, 2.75) is 174 Å². The Bertz CT molecular complexity index is 1510. The van der Waals surface area contributed by atoms with E-state index in [1.165, 1.54) is 20.1 Å². The van der Waals surface area contributed by atoms with Gasteiger partial charge in [-0.3, -0.25) is 4.79 Å². The fourth-order valence-electron chi connectivity index (χ4n) is 7.00. The van der Waals surface area contributed by atoms with Crippen molar-refractivity contribution < 1.29 is 73.4 Å². The molecule has 0 amide bonds. The number of carbonyl (C=O) groups excluding carboxylic acids is 2. The predicted molar refractivity (Wildman–Crippen MR) is 213 cm³/mol. The van der Waals surface area contributed by atoms with E-state index in [-0.39, 0.29) is 30.9 Å². The van der Waals surface area contributed by atoms with Crippen LogP contribution in [0.1, 0.15) is 88.5 Å². The van der Waals surface area contributed by atoms with Gasteiger partial charge in [0.05, 0.1) is 42.5 Å². The summed E-state index contributed by atoms with van der Waals surface area (Å²) in [5.41, 5.74) is 0.924. The molecule has 2 saturated heterocycles. The number of hydrogen-bond acceptors (Lipinski definition) is 15. The van der Waals surface area contributed by atoms with Crippen LogP contribution in [0.4, 0.5) is 0 Å². The maximum Gasteiger partial charge on any atom is 0.336 e. The van der Waals surface area contributed by atoms with Gasteiger partial charge in [-0.25, -0.2) is 4.79 Å². The third kappa shape index (κ3) is 13.1. The van der Waals surface area contributed by atoms with Crippen molar-refractivity contribution in [2.24, 2.45) is 11.8 Å². The normalized spacial score (nSPS) is 40.5. The Balaban J connectivity index is 1.98. The van der Waals surface area contributed by atoms with Gasteiger partial charge in [0.25, 0.3) is 0 Å². The van der Waals surface area contributed by atoms with E-state index in [9.17, 15) is 40.2 Å². The van der Waals surface area contributed by atoms with Crippen molar-refractivity contribution >= 4 is 11.9 Å². The lowest BCUT2D eigenvalue weighted by Gasteiger charge is -2.47. The lowest BCUT2D eigenvalue weighted by atomic mass is 9.88. The van der Waals surface area contributed by atoms with E-state index in [1.807, 2.05) is 32.9 Å². The molecule has 2 fully saturated rings. The molecule has 330 valence electrons. The zero-order valence-electron chi connectivity index (χ0n) is 35.8. The first-order chi connectivity index (χ1) is 27.1. The summed E-state index contributed by atoms with van der Waals surface area (Å²) in [6.07, 6.45) is -3.54. The standard InChI is InChI=1S/C43H68O15/c1-12-28-20-24(5)30(45)16-14-13-15-29(21-53-42-37(52-11)33(47)32(46)27(8)54-42)40(51)55-31(26(7)44)18-17-23(4)19-25(6)36(28)56-41-35(49)34(48)38(43(9,10)58-41)57-39(50)22(2)3/h13-15,17,19-20,22,26-28,30-38,41-42,44-49H,12,16,18,21H2,1-11H3/b14-13+,23-17+,24-20+,25-19+,29-15+/t26-,27-,28+,30+,31+,32-,33+,34-,35+,36+,37+,38+,41-,42-/m1/s1. The highest BCUT2D eigenvalue weighted by Crippen LogP contribution is 2.36. The molecule has 3 aliphatic rings. The number of aliphatic hydroxyl groups is 6. The van der Waals surface area contributed by atoms with Gasteiger partial charge in [-0.05, 0) is 78.5 Å². The predicted octanol–water partition coefficient (Wildman–Crippen LogP) is 3.09. The second kappa shape index (κ2) is 22.2. The van der Waals surface area contributed by atoms with Gasteiger partial charge in [-0.15, -0.1) is 0 Å². The molecule has 0 bridgehead atoms. The summed E-state index contributed by atoms with van der Waals surface area (Å²) in [7, 11) is 1.34. The van der Waals surface area contributed by atoms with Crippen LogP contribution in [0, 0.1) is 11.8 Å². The van der Waals surface area contributed by atoms with Gasteiger partial charge in [-0.2, -0.15) is 0 Å². The molecule has 3 heterocycles. The smallest absolute Gasteiger partial charge is 0.336 e. The highest BCUT2D eigenvalue weighted by Gasteiger charge is 2.53. The van der Waals surface area contributed by atoms with Crippen molar-refractivity contribution in [3.8, 4) is 0 Å². The molecule has 0 saturated carbocycles. The molecular formula is C43H68O15. The molecular weight excluding hydrogens is 756 g/mol. The molecule has 15 heteroatoms. The molecule has 58 heavy (non-hydrogen) atoms. The number of allylic oxidation sites excluding steroid dienone is 4. The lowest BCUT2D eigenvalue weighted by Crippen LogP contribution is -2.64. The van der Waals surface area contributed by atoms with Gasteiger partial charge >= 0.3 is 11.9 Å². The van der Waals surface area contributed by atoms with Gasteiger partial charge in [0.1, 0.15) is 42.2 Å². The molecule has 0 spiro atoms.